The molecule has 0 aliphatic carbocycles. The highest BCUT2D eigenvalue weighted by Crippen LogP contribution is 2.24. The number of methoxy groups -OCH3 is 1. The largest absolute Gasteiger partial charge is 0.497 e. The number of hydrogen-bond donors (Lipinski definition) is 1. The fraction of sp³-hybridized carbons (Fsp3) is 0.188. The van der Waals surface area contributed by atoms with Crippen molar-refractivity contribution in [2.75, 3.05) is 31.8 Å². The first-order valence-electron chi connectivity index (χ1n) is 6.28. The number of hydrogen-bond acceptors (Lipinski definition) is 4. The van der Waals surface area contributed by atoms with Crippen LogP contribution >= 0.6 is 0 Å². The molecule has 4 nitrogen and oxygen atoms in total. The van der Waals surface area contributed by atoms with Gasteiger partial charge in [-0.25, -0.2) is 0 Å². The first-order chi connectivity index (χ1) is 9.52. The first kappa shape index (κ1) is 13.9. The molecule has 0 amide bonds. The summed E-state index contributed by atoms with van der Waals surface area (Å²) < 4.78 is 5.08. The molecule has 20 heavy (non-hydrogen) atoms. The monoisotopic (exact) mass is 270 g/mol. The van der Waals surface area contributed by atoms with Crippen LogP contribution in [0.4, 0.5) is 11.4 Å². The van der Waals surface area contributed by atoms with Gasteiger partial charge in [0.1, 0.15) is 5.75 Å². The van der Waals surface area contributed by atoms with Crippen LogP contribution in [0, 0.1) is 0 Å². The van der Waals surface area contributed by atoms with Gasteiger partial charge in [-0.05, 0) is 42.5 Å². The summed E-state index contributed by atoms with van der Waals surface area (Å²) in [6.07, 6.45) is 0. The highest BCUT2D eigenvalue weighted by atomic mass is 16.5. The minimum Gasteiger partial charge on any atom is -0.497 e. The highest BCUT2D eigenvalue weighted by molar-refractivity contribution is 6.09. The Morgan fingerprint density at radius 2 is 1.65 bits per heavy atom. The van der Waals surface area contributed by atoms with Crippen LogP contribution in [0.2, 0.25) is 0 Å². The molecule has 0 aliphatic heterocycles. The lowest BCUT2D eigenvalue weighted by Crippen LogP contribution is -2.12. The Balaban J connectivity index is 2.30. The minimum absolute atomic E-state index is 0.0512. The van der Waals surface area contributed by atoms with E-state index in [-0.39, 0.29) is 5.78 Å². The van der Waals surface area contributed by atoms with Gasteiger partial charge in [0.2, 0.25) is 0 Å². The Kier molecular flexibility index (Phi) is 3.94. The van der Waals surface area contributed by atoms with E-state index in [1.165, 1.54) is 0 Å². The van der Waals surface area contributed by atoms with E-state index >= 15 is 0 Å². The Morgan fingerprint density at radius 3 is 2.15 bits per heavy atom. The lowest BCUT2D eigenvalue weighted by Gasteiger charge is -2.15. The number of anilines is 2. The molecule has 0 aliphatic rings. The van der Waals surface area contributed by atoms with Crippen molar-refractivity contribution in [1.82, 2.24) is 0 Å². The Bertz CT molecular complexity index is 619. The molecule has 0 unspecified atom stereocenters. The maximum absolute atomic E-state index is 12.4. The second kappa shape index (κ2) is 5.65. The number of nitrogen functional groups attached to an aromatic ring is 1. The van der Waals surface area contributed by atoms with Crippen molar-refractivity contribution in [2.45, 2.75) is 0 Å². The molecular formula is C16H18N2O2. The molecule has 0 radical (unpaired) electrons. The van der Waals surface area contributed by atoms with E-state index in [1.807, 2.05) is 25.1 Å². The Morgan fingerprint density at radius 1 is 1.05 bits per heavy atom. The maximum atomic E-state index is 12.4. The molecule has 2 aromatic carbocycles. The van der Waals surface area contributed by atoms with E-state index in [9.17, 15) is 4.79 Å². The van der Waals surface area contributed by atoms with Crippen LogP contribution in [0.1, 0.15) is 15.9 Å². The predicted molar refractivity (Wildman–Crippen MR) is 81.6 cm³/mol. The third kappa shape index (κ3) is 2.74. The normalized spacial score (nSPS) is 10.2. The molecule has 0 fully saturated rings. The van der Waals surface area contributed by atoms with Gasteiger partial charge in [0, 0.05) is 25.2 Å². The lowest BCUT2D eigenvalue weighted by molar-refractivity contribution is 0.103. The summed E-state index contributed by atoms with van der Waals surface area (Å²) in [5.74, 6) is 0.675. The molecule has 0 saturated heterocycles. The van der Waals surface area contributed by atoms with Crippen LogP contribution in [0.3, 0.4) is 0 Å². The van der Waals surface area contributed by atoms with Crippen molar-refractivity contribution in [2.24, 2.45) is 0 Å². The smallest absolute Gasteiger partial charge is 0.193 e. The van der Waals surface area contributed by atoms with Crippen molar-refractivity contribution in [1.29, 1.82) is 0 Å². The summed E-state index contributed by atoms with van der Waals surface area (Å²) in [7, 11) is 5.42. The van der Waals surface area contributed by atoms with Crippen molar-refractivity contribution in [3.05, 3.63) is 53.6 Å². The summed E-state index contributed by atoms with van der Waals surface area (Å²) in [6.45, 7) is 0. The maximum Gasteiger partial charge on any atom is 0.193 e. The summed E-state index contributed by atoms with van der Waals surface area (Å²) >= 11 is 0. The lowest BCUT2D eigenvalue weighted by atomic mass is 10.0. The van der Waals surface area contributed by atoms with Gasteiger partial charge in [0.15, 0.2) is 5.78 Å². The van der Waals surface area contributed by atoms with E-state index in [0.29, 0.717) is 16.8 Å². The molecule has 2 rings (SSSR count). The van der Waals surface area contributed by atoms with Gasteiger partial charge in [-0.2, -0.15) is 0 Å². The zero-order valence-electron chi connectivity index (χ0n) is 11.9. The van der Waals surface area contributed by atoms with Crippen LogP contribution in [0.15, 0.2) is 42.5 Å². The van der Waals surface area contributed by atoms with E-state index < -0.39 is 0 Å². The molecule has 4 heteroatoms. The van der Waals surface area contributed by atoms with Crippen LogP contribution in [-0.2, 0) is 0 Å². The summed E-state index contributed by atoms with van der Waals surface area (Å²) in [5.41, 5.74) is 8.66. The molecular weight excluding hydrogens is 252 g/mol. The third-order valence-corrected chi connectivity index (χ3v) is 3.12. The molecule has 0 saturated carbocycles. The quantitative estimate of drug-likeness (QED) is 0.685. The summed E-state index contributed by atoms with van der Waals surface area (Å²) in [6, 6.07) is 12.4. The molecule has 0 atom stereocenters. The van der Waals surface area contributed by atoms with Crippen LogP contribution in [0.25, 0.3) is 0 Å². The number of carbonyl (C=O) groups excluding carboxylic acids is 1. The molecule has 2 N–H and O–H groups in total. The van der Waals surface area contributed by atoms with Crippen LogP contribution in [-0.4, -0.2) is 27.0 Å². The standard InChI is InChI=1S/C16H18N2O2/c1-18(2)15-9-6-12(10-14(15)17)16(19)11-4-7-13(20-3)8-5-11/h4-10H,17H2,1-3H3. The SMILES string of the molecule is COc1ccc(C(=O)c2ccc(N(C)C)c(N)c2)cc1. The number of ketones is 1. The van der Waals surface area contributed by atoms with Gasteiger partial charge in [0.25, 0.3) is 0 Å². The number of benzene rings is 2. The van der Waals surface area contributed by atoms with Gasteiger partial charge in [0.05, 0.1) is 18.5 Å². The molecule has 0 spiro atoms. The van der Waals surface area contributed by atoms with E-state index in [1.54, 1.807) is 43.5 Å². The van der Waals surface area contributed by atoms with Gasteiger partial charge in [-0.15, -0.1) is 0 Å². The van der Waals surface area contributed by atoms with E-state index in [4.69, 9.17) is 10.5 Å². The fourth-order valence-corrected chi connectivity index (χ4v) is 2.01. The number of nitrogens with two attached hydrogens (primary N) is 1. The molecule has 0 heterocycles. The topological polar surface area (TPSA) is 55.6 Å². The summed E-state index contributed by atoms with van der Waals surface area (Å²) in [5, 5.41) is 0. The Hall–Kier alpha value is -2.49. The summed E-state index contributed by atoms with van der Waals surface area (Å²) in [4.78, 5) is 14.3. The van der Waals surface area contributed by atoms with Crippen LogP contribution in [0.5, 0.6) is 5.75 Å². The molecule has 0 bridgehead atoms. The zero-order chi connectivity index (χ0) is 14.7. The third-order valence-electron chi connectivity index (χ3n) is 3.12. The average Bonchev–Trinajstić information content (AvgIpc) is 2.46. The molecule has 2 aromatic rings. The van der Waals surface area contributed by atoms with Crippen molar-refractivity contribution < 1.29 is 9.53 Å². The average molecular weight is 270 g/mol. The van der Waals surface area contributed by atoms with Crippen molar-refractivity contribution in [3.8, 4) is 5.75 Å². The zero-order valence-corrected chi connectivity index (χ0v) is 11.9. The van der Waals surface area contributed by atoms with Gasteiger partial charge in [-0.3, -0.25) is 4.79 Å². The van der Waals surface area contributed by atoms with Gasteiger partial charge >= 0.3 is 0 Å². The van der Waals surface area contributed by atoms with Crippen LogP contribution < -0.4 is 15.4 Å². The van der Waals surface area contributed by atoms with E-state index in [2.05, 4.69) is 0 Å². The second-order valence-electron chi connectivity index (χ2n) is 4.73. The van der Waals surface area contributed by atoms with Crippen molar-refractivity contribution in [3.63, 3.8) is 0 Å². The predicted octanol–water partition coefficient (Wildman–Crippen LogP) is 2.57. The molecule has 0 aromatic heterocycles. The number of carbonyl (C=O) groups is 1. The van der Waals surface area contributed by atoms with Crippen molar-refractivity contribution >= 4 is 17.2 Å². The number of rotatable bonds is 4. The highest BCUT2D eigenvalue weighted by Gasteiger charge is 2.11. The van der Waals surface area contributed by atoms with Gasteiger partial charge in [-0.1, -0.05) is 0 Å². The number of ether oxygens (including phenoxy) is 1. The first-order valence-corrected chi connectivity index (χ1v) is 6.28. The van der Waals surface area contributed by atoms with Gasteiger partial charge < -0.3 is 15.4 Å². The second-order valence-corrected chi connectivity index (χ2v) is 4.73. The van der Waals surface area contributed by atoms with E-state index in [0.717, 1.165) is 11.4 Å². The number of nitrogens with zero attached hydrogens (tertiary/aromatic N) is 1. The minimum atomic E-state index is -0.0512. The Labute approximate surface area is 118 Å². The molecule has 104 valence electrons. The fourth-order valence-electron chi connectivity index (χ4n) is 2.01.